The minimum atomic E-state index is -0.739. The molecule has 0 aromatic heterocycles. The zero-order valence-electron chi connectivity index (χ0n) is 12.6. The van der Waals surface area contributed by atoms with Gasteiger partial charge in [-0.1, -0.05) is 25.1 Å². The Labute approximate surface area is 126 Å². The number of benzene rings is 1. The van der Waals surface area contributed by atoms with Gasteiger partial charge in [0.25, 0.3) is 0 Å². The van der Waals surface area contributed by atoms with Crippen molar-refractivity contribution in [2.24, 2.45) is 5.92 Å². The summed E-state index contributed by atoms with van der Waals surface area (Å²) in [5.74, 6) is 0.817. The Bertz CT molecular complexity index is 479. The number of amides is 1. The van der Waals surface area contributed by atoms with Gasteiger partial charge in [0.2, 0.25) is 5.91 Å². The third-order valence-corrected chi connectivity index (χ3v) is 4.43. The van der Waals surface area contributed by atoms with Crippen LogP contribution in [0.25, 0.3) is 0 Å². The monoisotopic (exact) mass is 291 g/mol. The maximum absolute atomic E-state index is 11.9. The van der Waals surface area contributed by atoms with E-state index in [0.29, 0.717) is 25.3 Å². The molecule has 21 heavy (non-hydrogen) atoms. The number of aryl methyl sites for hydroxylation is 1. The second-order valence-electron chi connectivity index (χ2n) is 6.31. The van der Waals surface area contributed by atoms with Crippen LogP contribution in [-0.4, -0.2) is 28.3 Å². The number of hydrogen-bond acceptors (Lipinski definition) is 3. The molecule has 1 aromatic carbocycles. The summed E-state index contributed by atoms with van der Waals surface area (Å²) in [6, 6.07) is 7.05. The van der Waals surface area contributed by atoms with Crippen LogP contribution in [0.5, 0.6) is 5.75 Å². The lowest BCUT2D eigenvalue weighted by molar-refractivity contribution is -0.122. The van der Waals surface area contributed by atoms with E-state index in [4.69, 9.17) is 0 Å². The van der Waals surface area contributed by atoms with Crippen molar-refractivity contribution in [1.82, 2.24) is 5.32 Å². The van der Waals surface area contributed by atoms with Crippen LogP contribution >= 0.6 is 0 Å². The quantitative estimate of drug-likeness (QED) is 0.780. The normalized spacial score (nSPS) is 25.5. The average Bonchev–Trinajstić information content (AvgIpc) is 2.48. The molecule has 1 amide bonds. The third kappa shape index (κ3) is 4.74. The van der Waals surface area contributed by atoms with Crippen molar-refractivity contribution in [2.45, 2.75) is 51.0 Å². The lowest BCUT2D eigenvalue weighted by atomic mass is 9.79. The summed E-state index contributed by atoms with van der Waals surface area (Å²) in [6.45, 7) is 2.53. The number of nitrogens with one attached hydrogen (secondary N) is 1. The van der Waals surface area contributed by atoms with Gasteiger partial charge in [-0.2, -0.15) is 0 Å². The van der Waals surface area contributed by atoms with Gasteiger partial charge < -0.3 is 15.5 Å². The van der Waals surface area contributed by atoms with Gasteiger partial charge in [0, 0.05) is 13.0 Å². The molecule has 0 radical (unpaired) electrons. The molecule has 0 heterocycles. The Morgan fingerprint density at radius 3 is 2.67 bits per heavy atom. The Balaban J connectivity index is 1.74. The highest BCUT2D eigenvalue weighted by molar-refractivity contribution is 5.76. The van der Waals surface area contributed by atoms with Crippen LogP contribution in [0, 0.1) is 5.92 Å². The van der Waals surface area contributed by atoms with Crippen molar-refractivity contribution >= 4 is 5.91 Å². The molecular weight excluding hydrogens is 266 g/mol. The van der Waals surface area contributed by atoms with Gasteiger partial charge in [0.05, 0.1) is 5.60 Å². The average molecular weight is 291 g/mol. The van der Waals surface area contributed by atoms with Gasteiger partial charge >= 0.3 is 0 Å². The molecule has 4 heteroatoms. The van der Waals surface area contributed by atoms with Crippen LogP contribution in [0.15, 0.2) is 24.3 Å². The number of para-hydroxylation sites is 1. The van der Waals surface area contributed by atoms with E-state index in [2.05, 4.69) is 12.2 Å². The fourth-order valence-corrected chi connectivity index (χ4v) is 2.80. The van der Waals surface area contributed by atoms with E-state index in [1.165, 1.54) is 0 Å². The topological polar surface area (TPSA) is 69.6 Å². The maximum atomic E-state index is 11.9. The molecule has 1 saturated carbocycles. The van der Waals surface area contributed by atoms with Crippen molar-refractivity contribution in [3.8, 4) is 5.75 Å². The number of carbonyl (C=O) groups excluding carboxylic acids is 1. The van der Waals surface area contributed by atoms with E-state index < -0.39 is 5.60 Å². The molecule has 4 nitrogen and oxygen atoms in total. The Hall–Kier alpha value is -1.55. The predicted molar refractivity (Wildman–Crippen MR) is 82.0 cm³/mol. The van der Waals surface area contributed by atoms with Crippen molar-refractivity contribution in [2.75, 3.05) is 6.54 Å². The lowest BCUT2D eigenvalue weighted by Crippen LogP contribution is -2.45. The van der Waals surface area contributed by atoms with Crippen molar-refractivity contribution in [3.63, 3.8) is 0 Å². The number of phenols is 1. The van der Waals surface area contributed by atoms with Gasteiger partial charge in [-0.15, -0.1) is 0 Å². The number of rotatable bonds is 5. The number of phenolic OH excluding ortho intramolecular Hbond substituents is 1. The van der Waals surface area contributed by atoms with Crippen molar-refractivity contribution < 1.29 is 15.0 Å². The molecule has 1 aliphatic rings. The summed E-state index contributed by atoms with van der Waals surface area (Å²) in [4.78, 5) is 11.9. The fraction of sp³-hybridized carbons (Fsp3) is 0.588. The van der Waals surface area contributed by atoms with Crippen LogP contribution in [0.3, 0.4) is 0 Å². The first kappa shape index (κ1) is 15.8. The molecule has 116 valence electrons. The molecular formula is C17H25NO3. The van der Waals surface area contributed by atoms with Crippen LogP contribution < -0.4 is 5.32 Å². The minimum absolute atomic E-state index is 0.0784. The highest BCUT2D eigenvalue weighted by atomic mass is 16.3. The molecule has 0 unspecified atom stereocenters. The third-order valence-electron chi connectivity index (χ3n) is 4.43. The highest BCUT2D eigenvalue weighted by Crippen LogP contribution is 2.31. The first-order valence-corrected chi connectivity index (χ1v) is 7.74. The van der Waals surface area contributed by atoms with Gasteiger partial charge in [-0.3, -0.25) is 4.79 Å². The fourth-order valence-electron chi connectivity index (χ4n) is 2.80. The molecule has 1 aliphatic carbocycles. The van der Waals surface area contributed by atoms with E-state index in [0.717, 1.165) is 31.2 Å². The zero-order valence-corrected chi connectivity index (χ0v) is 12.6. The van der Waals surface area contributed by atoms with Crippen LogP contribution in [0.1, 0.15) is 44.6 Å². The molecule has 0 atom stereocenters. The summed E-state index contributed by atoms with van der Waals surface area (Å²) in [5, 5.41) is 22.9. The summed E-state index contributed by atoms with van der Waals surface area (Å²) < 4.78 is 0. The first-order chi connectivity index (χ1) is 9.98. The van der Waals surface area contributed by atoms with Crippen LogP contribution in [0.2, 0.25) is 0 Å². The van der Waals surface area contributed by atoms with E-state index in [1.807, 2.05) is 12.1 Å². The summed E-state index contributed by atoms with van der Waals surface area (Å²) in [5.41, 5.74) is 0.0368. The number of aliphatic hydroxyl groups is 1. The minimum Gasteiger partial charge on any atom is -0.508 e. The molecule has 0 bridgehead atoms. The van der Waals surface area contributed by atoms with Crippen LogP contribution in [0.4, 0.5) is 0 Å². The maximum Gasteiger partial charge on any atom is 0.220 e. The second-order valence-corrected chi connectivity index (χ2v) is 6.31. The number of aromatic hydroxyl groups is 1. The molecule has 3 N–H and O–H groups in total. The van der Waals surface area contributed by atoms with Crippen LogP contribution in [-0.2, 0) is 11.2 Å². The van der Waals surface area contributed by atoms with Gasteiger partial charge in [-0.25, -0.2) is 0 Å². The summed E-state index contributed by atoms with van der Waals surface area (Å²) in [7, 11) is 0. The lowest BCUT2D eigenvalue weighted by Gasteiger charge is -2.34. The zero-order chi connectivity index (χ0) is 15.3. The van der Waals surface area contributed by atoms with E-state index in [-0.39, 0.29) is 11.7 Å². The molecule has 0 spiro atoms. The smallest absolute Gasteiger partial charge is 0.220 e. The van der Waals surface area contributed by atoms with Crippen molar-refractivity contribution in [1.29, 1.82) is 0 Å². The molecule has 1 aromatic rings. The Kier molecular flexibility index (Phi) is 5.23. The number of carbonyl (C=O) groups is 1. The molecule has 0 saturated heterocycles. The highest BCUT2D eigenvalue weighted by Gasteiger charge is 2.31. The summed E-state index contributed by atoms with van der Waals surface area (Å²) in [6.07, 6.45) is 4.38. The SMILES string of the molecule is CC1CCC(O)(CNC(=O)CCc2ccccc2O)CC1. The first-order valence-electron chi connectivity index (χ1n) is 7.74. The second kappa shape index (κ2) is 6.94. The van der Waals surface area contributed by atoms with E-state index >= 15 is 0 Å². The van der Waals surface area contributed by atoms with Gasteiger partial charge in [0.1, 0.15) is 5.75 Å². The Morgan fingerprint density at radius 1 is 1.33 bits per heavy atom. The predicted octanol–water partition coefficient (Wildman–Crippen LogP) is 2.38. The largest absolute Gasteiger partial charge is 0.508 e. The Morgan fingerprint density at radius 2 is 2.00 bits per heavy atom. The van der Waals surface area contributed by atoms with Crippen molar-refractivity contribution in [3.05, 3.63) is 29.8 Å². The van der Waals surface area contributed by atoms with E-state index in [9.17, 15) is 15.0 Å². The molecule has 0 aliphatic heterocycles. The molecule has 1 fully saturated rings. The van der Waals surface area contributed by atoms with E-state index in [1.54, 1.807) is 12.1 Å². The summed E-state index contributed by atoms with van der Waals surface area (Å²) >= 11 is 0. The van der Waals surface area contributed by atoms with Gasteiger partial charge in [-0.05, 0) is 49.7 Å². The standard InChI is InChI=1S/C17H25NO3/c1-13-8-10-17(21,11-9-13)12-18-16(20)7-6-14-4-2-3-5-15(14)19/h2-5,13,19,21H,6-12H2,1H3,(H,18,20). The molecule has 2 rings (SSSR count). The number of hydrogen-bond donors (Lipinski definition) is 3. The van der Waals surface area contributed by atoms with Gasteiger partial charge in [0.15, 0.2) is 0 Å².